The summed E-state index contributed by atoms with van der Waals surface area (Å²) in [7, 11) is 3.91. The lowest BCUT2D eigenvalue weighted by Gasteiger charge is -2.19. The molecular formula is C11H24N2O2. The van der Waals surface area contributed by atoms with Gasteiger partial charge in [0.05, 0.1) is 6.10 Å². The van der Waals surface area contributed by atoms with Crippen LogP contribution in [0.15, 0.2) is 0 Å². The molecule has 0 radical (unpaired) electrons. The van der Waals surface area contributed by atoms with E-state index in [2.05, 4.69) is 5.32 Å². The van der Waals surface area contributed by atoms with Crippen LogP contribution >= 0.6 is 0 Å². The number of rotatable bonds is 8. The second-order valence-electron chi connectivity index (χ2n) is 5.02. The SMILES string of the molecule is CN(C)CC(O)CNCC1(CCO)CC1. The number of likely N-dealkylation sites (N-methyl/N-ethyl adjacent to an activating group) is 1. The lowest BCUT2D eigenvalue weighted by molar-refractivity contribution is 0.132. The molecule has 0 aromatic carbocycles. The molecular weight excluding hydrogens is 192 g/mol. The largest absolute Gasteiger partial charge is 0.396 e. The Bertz CT molecular complexity index is 181. The predicted octanol–water partition coefficient (Wildman–Crippen LogP) is -0.339. The van der Waals surface area contributed by atoms with Gasteiger partial charge in [-0.05, 0) is 38.8 Å². The Labute approximate surface area is 92.3 Å². The van der Waals surface area contributed by atoms with Crippen LogP contribution in [0.5, 0.6) is 0 Å². The summed E-state index contributed by atoms with van der Waals surface area (Å²) in [6.07, 6.45) is 3.02. The molecule has 0 saturated heterocycles. The second-order valence-corrected chi connectivity index (χ2v) is 5.02. The Balaban J connectivity index is 2.05. The molecule has 1 atom stereocenters. The average molecular weight is 216 g/mol. The summed E-state index contributed by atoms with van der Waals surface area (Å²) in [5.41, 5.74) is 0.340. The standard InChI is InChI=1S/C11H24N2O2/c1-13(2)8-10(15)7-12-9-11(3-4-11)5-6-14/h10,12,14-15H,3-9H2,1-2H3. The van der Waals surface area contributed by atoms with E-state index in [1.165, 1.54) is 12.8 Å². The number of aliphatic hydroxyl groups is 2. The van der Waals surface area contributed by atoms with Crippen LogP contribution in [-0.4, -0.2) is 61.6 Å². The van der Waals surface area contributed by atoms with Crippen molar-refractivity contribution in [3.8, 4) is 0 Å². The van der Waals surface area contributed by atoms with Gasteiger partial charge in [-0.1, -0.05) is 0 Å². The smallest absolute Gasteiger partial charge is 0.0791 e. The predicted molar refractivity (Wildman–Crippen MR) is 60.8 cm³/mol. The third kappa shape index (κ3) is 4.93. The minimum absolute atomic E-state index is 0.280. The maximum absolute atomic E-state index is 9.61. The molecule has 1 unspecified atom stereocenters. The summed E-state index contributed by atoms with van der Waals surface area (Å²) in [6, 6.07) is 0. The van der Waals surface area contributed by atoms with Crippen molar-refractivity contribution in [1.29, 1.82) is 0 Å². The molecule has 0 aromatic heterocycles. The first-order valence-electron chi connectivity index (χ1n) is 5.72. The van der Waals surface area contributed by atoms with Crippen LogP contribution in [-0.2, 0) is 0 Å². The number of hydrogen-bond donors (Lipinski definition) is 3. The molecule has 0 heterocycles. The van der Waals surface area contributed by atoms with E-state index in [9.17, 15) is 5.11 Å². The van der Waals surface area contributed by atoms with Crippen LogP contribution in [0.25, 0.3) is 0 Å². The van der Waals surface area contributed by atoms with Gasteiger partial charge >= 0.3 is 0 Å². The first-order chi connectivity index (χ1) is 7.08. The van der Waals surface area contributed by atoms with Gasteiger partial charge in [0.2, 0.25) is 0 Å². The number of nitrogens with one attached hydrogen (secondary N) is 1. The van der Waals surface area contributed by atoms with E-state index in [-0.39, 0.29) is 12.7 Å². The molecule has 4 nitrogen and oxygen atoms in total. The molecule has 0 aliphatic heterocycles. The van der Waals surface area contributed by atoms with Crippen molar-refractivity contribution in [2.75, 3.05) is 40.3 Å². The maximum atomic E-state index is 9.61. The van der Waals surface area contributed by atoms with E-state index in [0.717, 1.165) is 13.0 Å². The Kier molecular flexibility index (Phi) is 4.99. The van der Waals surface area contributed by atoms with E-state index in [0.29, 0.717) is 18.5 Å². The van der Waals surface area contributed by atoms with Gasteiger partial charge in [-0.2, -0.15) is 0 Å². The van der Waals surface area contributed by atoms with E-state index in [1.807, 2.05) is 19.0 Å². The highest BCUT2D eigenvalue weighted by atomic mass is 16.3. The van der Waals surface area contributed by atoms with Gasteiger partial charge < -0.3 is 20.4 Å². The van der Waals surface area contributed by atoms with E-state index in [4.69, 9.17) is 5.11 Å². The first kappa shape index (κ1) is 12.9. The highest BCUT2D eigenvalue weighted by Gasteiger charge is 2.41. The molecule has 90 valence electrons. The average Bonchev–Trinajstić information content (AvgIpc) is 2.84. The number of aliphatic hydroxyl groups excluding tert-OH is 2. The van der Waals surface area contributed by atoms with Crippen molar-refractivity contribution in [1.82, 2.24) is 10.2 Å². The van der Waals surface area contributed by atoms with Gasteiger partial charge in [0.1, 0.15) is 0 Å². The van der Waals surface area contributed by atoms with Crippen LogP contribution in [0.1, 0.15) is 19.3 Å². The van der Waals surface area contributed by atoms with Gasteiger partial charge in [0.15, 0.2) is 0 Å². The van der Waals surface area contributed by atoms with Gasteiger partial charge in [0.25, 0.3) is 0 Å². The van der Waals surface area contributed by atoms with Gasteiger partial charge in [-0.15, -0.1) is 0 Å². The van der Waals surface area contributed by atoms with Crippen molar-refractivity contribution >= 4 is 0 Å². The molecule has 0 aromatic rings. The van der Waals surface area contributed by atoms with Crippen molar-refractivity contribution in [3.05, 3.63) is 0 Å². The number of hydrogen-bond acceptors (Lipinski definition) is 4. The van der Waals surface area contributed by atoms with Crippen LogP contribution in [0.3, 0.4) is 0 Å². The van der Waals surface area contributed by atoms with Crippen LogP contribution < -0.4 is 5.32 Å². The van der Waals surface area contributed by atoms with E-state index in [1.54, 1.807) is 0 Å². The molecule has 1 aliphatic carbocycles. The quantitative estimate of drug-likeness (QED) is 0.520. The van der Waals surface area contributed by atoms with E-state index < -0.39 is 0 Å². The summed E-state index contributed by atoms with van der Waals surface area (Å²) in [5, 5.41) is 21.8. The fourth-order valence-corrected chi connectivity index (χ4v) is 1.92. The fraction of sp³-hybridized carbons (Fsp3) is 1.00. The lowest BCUT2D eigenvalue weighted by Crippen LogP contribution is -2.37. The van der Waals surface area contributed by atoms with Gasteiger partial charge in [-0.3, -0.25) is 0 Å². The zero-order valence-corrected chi connectivity index (χ0v) is 9.87. The van der Waals surface area contributed by atoms with Crippen LogP contribution in [0, 0.1) is 5.41 Å². The molecule has 15 heavy (non-hydrogen) atoms. The monoisotopic (exact) mass is 216 g/mol. The minimum atomic E-state index is -0.301. The molecule has 0 spiro atoms. The third-order valence-electron chi connectivity index (χ3n) is 3.06. The minimum Gasteiger partial charge on any atom is -0.396 e. The first-order valence-corrected chi connectivity index (χ1v) is 5.72. The highest BCUT2D eigenvalue weighted by molar-refractivity contribution is 4.94. The summed E-state index contributed by atoms with van der Waals surface area (Å²) in [5.74, 6) is 0. The molecule has 0 amide bonds. The van der Waals surface area contributed by atoms with Crippen molar-refractivity contribution in [2.45, 2.75) is 25.4 Å². The van der Waals surface area contributed by atoms with Gasteiger partial charge in [0, 0.05) is 26.2 Å². The molecule has 1 fully saturated rings. The highest BCUT2D eigenvalue weighted by Crippen LogP contribution is 2.47. The number of nitrogens with zero attached hydrogens (tertiary/aromatic N) is 1. The van der Waals surface area contributed by atoms with Crippen LogP contribution in [0.2, 0.25) is 0 Å². The van der Waals surface area contributed by atoms with Crippen LogP contribution in [0.4, 0.5) is 0 Å². The topological polar surface area (TPSA) is 55.7 Å². The normalized spacial score (nSPS) is 20.6. The Morgan fingerprint density at radius 3 is 2.53 bits per heavy atom. The maximum Gasteiger partial charge on any atom is 0.0791 e. The van der Waals surface area contributed by atoms with Crippen molar-refractivity contribution in [3.63, 3.8) is 0 Å². The Hall–Kier alpha value is -0.160. The molecule has 1 aliphatic rings. The zero-order chi connectivity index (χ0) is 11.3. The molecule has 4 heteroatoms. The molecule has 0 bridgehead atoms. The van der Waals surface area contributed by atoms with E-state index >= 15 is 0 Å². The Morgan fingerprint density at radius 1 is 1.40 bits per heavy atom. The van der Waals surface area contributed by atoms with Crippen molar-refractivity contribution < 1.29 is 10.2 Å². The lowest BCUT2D eigenvalue weighted by atomic mass is 10.0. The molecule has 3 N–H and O–H groups in total. The fourth-order valence-electron chi connectivity index (χ4n) is 1.92. The molecule has 1 saturated carbocycles. The summed E-state index contributed by atoms with van der Waals surface area (Å²) in [4.78, 5) is 1.98. The third-order valence-corrected chi connectivity index (χ3v) is 3.06. The summed E-state index contributed by atoms with van der Waals surface area (Å²) < 4.78 is 0. The molecule has 1 rings (SSSR count). The second kappa shape index (κ2) is 5.80. The summed E-state index contributed by atoms with van der Waals surface area (Å²) >= 11 is 0. The summed E-state index contributed by atoms with van der Waals surface area (Å²) in [6.45, 7) is 2.55. The Morgan fingerprint density at radius 2 is 2.07 bits per heavy atom. The van der Waals surface area contributed by atoms with Gasteiger partial charge in [-0.25, -0.2) is 0 Å². The van der Waals surface area contributed by atoms with Crippen molar-refractivity contribution in [2.24, 2.45) is 5.41 Å². The zero-order valence-electron chi connectivity index (χ0n) is 9.87.